The molecule has 2 aliphatic rings. The molecule has 242 valence electrons. The van der Waals surface area contributed by atoms with Crippen molar-refractivity contribution in [2.24, 2.45) is 0 Å². The fourth-order valence-electron chi connectivity index (χ4n) is 5.45. The summed E-state index contributed by atoms with van der Waals surface area (Å²) in [7, 11) is 0. The molecule has 0 aromatic heterocycles. The third-order valence-corrected chi connectivity index (χ3v) is 8.17. The molecule has 4 aromatic rings. The molecule has 4 atom stereocenters. The highest BCUT2D eigenvalue weighted by Crippen LogP contribution is 2.29. The van der Waals surface area contributed by atoms with Crippen LogP contribution in [0.2, 0.25) is 0 Å². The van der Waals surface area contributed by atoms with E-state index in [2.05, 4.69) is 31.2 Å². The normalized spacial score (nSPS) is 18.3. The first-order valence-electron chi connectivity index (χ1n) is 16.3. The van der Waals surface area contributed by atoms with Crippen molar-refractivity contribution in [1.82, 2.24) is 0 Å². The molecule has 2 aliphatic heterocycles. The smallest absolute Gasteiger partial charge is 0.120 e. The van der Waals surface area contributed by atoms with E-state index in [1.807, 2.05) is 86.6 Å². The Hall–Kier alpha value is -4.04. The van der Waals surface area contributed by atoms with Gasteiger partial charge in [0.25, 0.3) is 0 Å². The summed E-state index contributed by atoms with van der Waals surface area (Å²) in [6.45, 7) is 8.51. The Morgan fingerprint density at radius 1 is 0.674 bits per heavy atom. The molecule has 7 nitrogen and oxygen atoms in total. The van der Waals surface area contributed by atoms with E-state index in [0.29, 0.717) is 24.9 Å². The van der Waals surface area contributed by atoms with Crippen LogP contribution in [0, 0.1) is 0 Å². The summed E-state index contributed by atoms with van der Waals surface area (Å²) in [5.74, 6) is 3.18. The standard InChI is InChI=1S/C39H44O7/c1-4-32(21-37-24-43-37)45-35-17-9-29(10-18-35)27-5-13-33(14-6-27)41-23-31(40)22-39(2,3)46-36-19-11-30(12-20-36)28-7-15-34(16-8-28)42-25-38-26-44-38/h5-20,31-32,37-38,40H,4,21-26H2,1-3H3. The summed E-state index contributed by atoms with van der Waals surface area (Å²) >= 11 is 0. The van der Waals surface area contributed by atoms with Gasteiger partial charge >= 0.3 is 0 Å². The molecule has 0 radical (unpaired) electrons. The van der Waals surface area contributed by atoms with Crippen molar-refractivity contribution in [2.75, 3.05) is 26.4 Å². The maximum absolute atomic E-state index is 10.8. The maximum atomic E-state index is 10.8. The van der Waals surface area contributed by atoms with E-state index < -0.39 is 11.7 Å². The van der Waals surface area contributed by atoms with E-state index >= 15 is 0 Å². The highest BCUT2D eigenvalue weighted by atomic mass is 16.6. The number of hydrogen-bond donors (Lipinski definition) is 1. The topological polar surface area (TPSA) is 82.2 Å². The minimum atomic E-state index is -0.688. The Labute approximate surface area is 272 Å². The fraction of sp³-hybridized carbons (Fsp3) is 0.385. The third kappa shape index (κ3) is 9.49. The Kier molecular flexibility index (Phi) is 10.1. The molecule has 46 heavy (non-hydrogen) atoms. The van der Waals surface area contributed by atoms with Crippen molar-refractivity contribution in [3.05, 3.63) is 97.1 Å². The highest BCUT2D eigenvalue weighted by Gasteiger charge is 2.27. The Balaban J connectivity index is 0.941. The number of benzene rings is 4. The number of epoxide rings is 2. The van der Waals surface area contributed by atoms with Crippen molar-refractivity contribution in [1.29, 1.82) is 0 Å². The number of rotatable bonds is 17. The van der Waals surface area contributed by atoms with Gasteiger partial charge < -0.3 is 33.5 Å². The average Bonchev–Trinajstić information content (AvgIpc) is 4.00. The SMILES string of the molecule is CCC(CC1CO1)Oc1ccc(-c2ccc(OCC(O)CC(C)(C)Oc3ccc(-c4ccc(OCC5CO5)cc4)cc3)cc2)cc1. The molecule has 4 aromatic carbocycles. The summed E-state index contributed by atoms with van der Waals surface area (Å²) in [6.07, 6.45) is 2.41. The van der Waals surface area contributed by atoms with Crippen LogP contribution in [0.3, 0.4) is 0 Å². The quantitative estimate of drug-likeness (QED) is 0.120. The van der Waals surface area contributed by atoms with Gasteiger partial charge in [0.1, 0.15) is 54.0 Å². The summed E-state index contributed by atoms with van der Waals surface area (Å²) in [4.78, 5) is 0. The van der Waals surface area contributed by atoms with Crippen LogP contribution in [-0.4, -0.2) is 61.6 Å². The number of ether oxygens (including phenoxy) is 6. The van der Waals surface area contributed by atoms with Gasteiger partial charge in [-0.25, -0.2) is 0 Å². The summed E-state index contributed by atoms with van der Waals surface area (Å²) in [5.41, 5.74) is 3.80. The molecular weight excluding hydrogens is 580 g/mol. The van der Waals surface area contributed by atoms with Crippen LogP contribution in [0.25, 0.3) is 22.3 Å². The zero-order valence-electron chi connectivity index (χ0n) is 26.9. The van der Waals surface area contributed by atoms with Crippen molar-refractivity contribution in [3.8, 4) is 45.3 Å². The van der Waals surface area contributed by atoms with Crippen LogP contribution in [-0.2, 0) is 9.47 Å². The van der Waals surface area contributed by atoms with Gasteiger partial charge in [-0.1, -0.05) is 55.5 Å². The first-order valence-corrected chi connectivity index (χ1v) is 16.3. The summed E-state index contributed by atoms with van der Waals surface area (Å²) in [6, 6.07) is 32.2. The molecule has 2 fully saturated rings. The van der Waals surface area contributed by atoms with Gasteiger partial charge in [-0.2, -0.15) is 0 Å². The van der Waals surface area contributed by atoms with Gasteiger partial charge in [0.05, 0.1) is 25.4 Å². The highest BCUT2D eigenvalue weighted by molar-refractivity contribution is 5.65. The molecule has 0 aliphatic carbocycles. The molecule has 1 N–H and O–H groups in total. The molecule has 2 heterocycles. The van der Waals surface area contributed by atoms with Crippen LogP contribution in [0.15, 0.2) is 97.1 Å². The molecule has 6 rings (SSSR count). The Bertz CT molecular complexity index is 1510. The predicted octanol–water partition coefficient (Wildman–Crippen LogP) is 7.73. The van der Waals surface area contributed by atoms with Gasteiger partial charge in [0.2, 0.25) is 0 Å². The lowest BCUT2D eigenvalue weighted by atomic mass is 10.0. The third-order valence-electron chi connectivity index (χ3n) is 8.17. The minimum Gasteiger partial charge on any atom is -0.491 e. The minimum absolute atomic E-state index is 0.176. The first-order chi connectivity index (χ1) is 22.3. The maximum Gasteiger partial charge on any atom is 0.120 e. The van der Waals surface area contributed by atoms with Crippen LogP contribution >= 0.6 is 0 Å². The van der Waals surface area contributed by atoms with E-state index in [0.717, 1.165) is 65.6 Å². The van der Waals surface area contributed by atoms with Crippen molar-refractivity contribution >= 4 is 0 Å². The van der Waals surface area contributed by atoms with Crippen molar-refractivity contribution in [2.45, 2.75) is 70.1 Å². The lowest BCUT2D eigenvalue weighted by Gasteiger charge is -2.29. The molecule has 2 saturated heterocycles. The number of hydrogen-bond acceptors (Lipinski definition) is 7. The van der Waals surface area contributed by atoms with Crippen molar-refractivity contribution in [3.63, 3.8) is 0 Å². The van der Waals surface area contributed by atoms with Gasteiger partial charge in [0, 0.05) is 12.8 Å². The van der Waals surface area contributed by atoms with Crippen LogP contribution in [0.5, 0.6) is 23.0 Å². The molecule has 0 amide bonds. The summed E-state index contributed by atoms with van der Waals surface area (Å²) in [5, 5.41) is 10.8. The zero-order valence-corrected chi connectivity index (χ0v) is 26.9. The molecule has 4 unspecified atom stereocenters. The number of aliphatic hydroxyl groups is 1. The predicted molar refractivity (Wildman–Crippen MR) is 179 cm³/mol. The van der Waals surface area contributed by atoms with Gasteiger partial charge in [-0.3, -0.25) is 0 Å². The van der Waals surface area contributed by atoms with E-state index in [1.54, 1.807) is 0 Å². The second-order valence-electron chi connectivity index (χ2n) is 12.7. The van der Waals surface area contributed by atoms with Crippen molar-refractivity contribution < 1.29 is 33.5 Å². The van der Waals surface area contributed by atoms with E-state index in [4.69, 9.17) is 28.4 Å². The summed E-state index contributed by atoms with van der Waals surface area (Å²) < 4.78 is 34.6. The average molecular weight is 625 g/mol. The molecular formula is C39H44O7. The molecule has 0 bridgehead atoms. The lowest BCUT2D eigenvalue weighted by molar-refractivity contribution is 0.0175. The van der Waals surface area contributed by atoms with E-state index in [9.17, 15) is 5.11 Å². The lowest BCUT2D eigenvalue weighted by Crippen LogP contribution is -2.35. The second kappa shape index (κ2) is 14.6. The van der Waals surface area contributed by atoms with Gasteiger partial charge in [-0.15, -0.1) is 0 Å². The largest absolute Gasteiger partial charge is 0.491 e. The van der Waals surface area contributed by atoms with E-state index in [1.165, 1.54) is 0 Å². The second-order valence-corrected chi connectivity index (χ2v) is 12.7. The van der Waals surface area contributed by atoms with Crippen LogP contribution < -0.4 is 18.9 Å². The molecule has 0 saturated carbocycles. The first kappa shape index (κ1) is 31.9. The monoisotopic (exact) mass is 624 g/mol. The molecule has 0 spiro atoms. The Morgan fingerprint density at radius 3 is 1.61 bits per heavy atom. The molecule has 7 heteroatoms. The van der Waals surface area contributed by atoms with Gasteiger partial charge in [0.15, 0.2) is 0 Å². The van der Waals surface area contributed by atoms with E-state index in [-0.39, 0.29) is 18.8 Å². The number of aliphatic hydroxyl groups excluding tert-OH is 1. The zero-order chi connectivity index (χ0) is 31.9. The fourth-order valence-corrected chi connectivity index (χ4v) is 5.45. The van der Waals surface area contributed by atoms with Crippen LogP contribution in [0.1, 0.15) is 40.0 Å². The van der Waals surface area contributed by atoms with Gasteiger partial charge in [-0.05, 0) is 91.1 Å². The Morgan fingerprint density at radius 2 is 1.13 bits per heavy atom. The van der Waals surface area contributed by atoms with Crippen LogP contribution in [0.4, 0.5) is 0 Å².